The molecular formula is C18H25NO3S. The number of carbonyl (C=O) groups is 1. The summed E-state index contributed by atoms with van der Waals surface area (Å²) in [4.78, 5) is 14.8. The van der Waals surface area contributed by atoms with E-state index in [9.17, 15) is 9.00 Å². The van der Waals surface area contributed by atoms with E-state index in [1.165, 1.54) is 0 Å². The number of ketones is 1. The molecule has 2 saturated heterocycles. The molecule has 2 fully saturated rings. The number of rotatable bonds is 6. The topological polar surface area (TPSA) is 46.6 Å². The smallest absolute Gasteiger partial charge is 0.166 e. The lowest BCUT2D eigenvalue weighted by Crippen LogP contribution is -2.32. The van der Waals surface area contributed by atoms with Gasteiger partial charge in [-0.05, 0) is 64.0 Å². The van der Waals surface area contributed by atoms with Gasteiger partial charge in [0.2, 0.25) is 0 Å². The average molecular weight is 335 g/mol. The van der Waals surface area contributed by atoms with Crippen LogP contribution in [0.1, 0.15) is 36.0 Å². The van der Waals surface area contributed by atoms with Crippen molar-refractivity contribution in [2.45, 2.75) is 36.2 Å². The van der Waals surface area contributed by atoms with Gasteiger partial charge in [0.05, 0.1) is 0 Å². The van der Waals surface area contributed by atoms with E-state index < -0.39 is 10.8 Å². The Morgan fingerprint density at radius 1 is 1.17 bits per heavy atom. The van der Waals surface area contributed by atoms with Gasteiger partial charge >= 0.3 is 0 Å². The van der Waals surface area contributed by atoms with E-state index in [1.807, 2.05) is 38.4 Å². The van der Waals surface area contributed by atoms with Crippen LogP contribution in [0, 0.1) is 5.92 Å². The minimum absolute atomic E-state index is 0.0470. The SMILES string of the molecule is CN(C)CCOc1ccc(C(=O)C2CC3CCC(C2)S3=O)cc1. The molecule has 2 atom stereocenters. The molecule has 0 amide bonds. The van der Waals surface area contributed by atoms with Crippen LogP contribution in [0.5, 0.6) is 5.75 Å². The molecule has 0 saturated carbocycles. The number of hydrogen-bond acceptors (Lipinski definition) is 4. The molecule has 5 heteroatoms. The summed E-state index contributed by atoms with van der Waals surface area (Å²) in [5.41, 5.74) is 0.752. The largest absolute Gasteiger partial charge is 0.492 e. The van der Waals surface area contributed by atoms with Crippen LogP contribution >= 0.6 is 0 Å². The second-order valence-electron chi connectivity index (χ2n) is 6.86. The molecule has 126 valence electrons. The number of nitrogens with zero attached hydrogens (tertiary/aromatic N) is 1. The molecule has 3 rings (SSSR count). The number of hydrogen-bond donors (Lipinski definition) is 0. The van der Waals surface area contributed by atoms with Crippen LogP contribution in [-0.4, -0.2) is 52.6 Å². The molecule has 2 aliphatic rings. The summed E-state index contributed by atoms with van der Waals surface area (Å²) in [6, 6.07) is 7.47. The number of carbonyl (C=O) groups excluding carboxylic acids is 1. The molecule has 1 aromatic carbocycles. The maximum absolute atomic E-state index is 12.7. The zero-order chi connectivity index (χ0) is 16.4. The number of fused-ring (bicyclic) bond motifs is 2. The van der Waals surface area contributed by atoms with Crippen LogP contribution in [0.2, 0.25) is 0 Å². The maximum Gasteiger partial charge on any atom is 0.166 e. The Morgan fingerprint density at radius 3 is 2.35 bits per heavy atom. The molecular weight excluding hydrogens is 310 g/mol. The van der Waals surface area contributed by atoms with Gasteiger partial charge < -0.3 is 9.64 Å². The highest BCUT2D eigenvalue weighted by atomic mass is 32.2. The minimum Gasteiger partial charge on any atom is -0.492 e. The van der Waals surface area contributed by atoms with Crippen LogP contribution in [0.15, 0.2) is 24.3 Å². The van der Waals surface area contributed by atoms with Gasteiger partial charge in [-0.2, -0.15) is 0 Å². The van der Waals surface area contributed by atoms with Crippen LogP contribution in [0.3, 0.4) is 0 Å². The monoisotopic (exact) mass is 335 g/mol. The van der Waals surface area contributed by atoms with Gasteiger partial charge in [-0.25, -0.2) is 0 Å². The van der Waals surface area contributed by atoms with Crippen molar-refractivity contribution in [3.05, 3.63) is 29.8 Å². The molecule has 23 heavy (non-hydrogen) atoms. The second-order valence-corrected chi connectivity index (χ2v) is 8.85. The predicted octanol–water partition coefficient (Wildman–Crippen LogP) is 2.50. The summed E-state index contributed by atoms with van der Waals surface area (Å²) >= 11 is 0. The molecule has 0 aromatic heterocycles. The third kappa shape index (κ3) is 3.83. The first-order valence-corrected chi connectivity index (χ1v) is 9.63. The molecule has 2 bridgehead atoms. The van der Waals surface area contributed by atoms with Crippen LogP contribution in [0.4, 0.5) is 0 Å². The Labute approximate surface area is 140 Å². The quantitative estimate of drug-likeness (QED) is 0.750. The fourth-order valence-electron chi connectivity index (χ4n) is 3.54. The molecule has 1 aromatic rings. The van der Waals surface area contributed by atoms with E-state index in [0.717, 1.165) is 43.5 Å². The summed E-state index contributed by atoms with van der Waals surface area (Å²) in [5.74, 6) is 1.05. The van der Waals surface area contributed by atoms with Crippen molar-refractivity contribution in [2.75, 3.05) is 27.2 Å². The molecule has 0 spiro atoms. The minimum atomic E-state index is -0.700. The highest BCUT2D eigenvalue weighted by Gasteiger charge is 2.42. The lowest BCUT2D eigenvalue weighted by Gasteiger charge is -2.26. The van der Waals surface area contributed by atoms with Crippen molar-refractivity contribution in [1.29, 1.82) is 0 Å². The Bertz CT molecular complexity index is 568. The lowest BCUT2D eigenvalue weighted by molar-refractivity contribution is 0.0906. The van der Waals surface area contributed by atoms with Crippen molar-refractivity contribution in [2.24, 2.45) is 5.92 Å². The van der Waals surface area contributed by atoms with E-state index in [-0.39, 0.29) is 22.2 Å². The van der Waals surface area contributed by atoms with Crippen LogP contribution in [-0.2, 0) is 10.8 Å². The molecule has 2 aliphatic heterocycles. The first kappa shape index (κ1) is 16.7. The van der Waals surface area contributed by atoms with Crippen molar-refractivity contribution >= 4 is 16.6 Å². The number of Topliss-reactive ketones (excluding diaryl/α,β-unsaturated/α-hetero) is 1. The fraction of sp³-hybridized carbons (Fsp3) is 0.611. The standard InChI is InChI=1S/C18H25NO3S/c1-19(2)9-10-22-15-5-3-13(4-6-15)18(20)14-11-16-7-8-17(12-14)23(16)21/h3-6,14,16-17H,7-12H2,1-2H3. The maximum atomic E-state index is 12.7. The first-order valence-electron chi connectivity index (χ1n) is 8.36. The highest BCUT2D eigenvalue weighted by Crippen LogP contribution is 2.39. The number of benzene rings is 1. The fourth-order valence-corrected chi connectivity index (χ4v) is 5.67. The van der Waals surface area contributed by atoms with Gasteiger partial charge in [0.1, 0.15) is 12.4 Å². The Hall–Kier alpha value is -1.20. The van der Waals surface area contributed by atoms with Gasteiger partial charge in [-0.15, -0.1) is 0 Å². The zero-order valence-corrected chi connectivity index (χ0v) is 14.7. The summed E-state index contributed by atoms with van der Waals surface area (Å²) < 4.78 is 17.7. The van der Waals surface area contributed by atoms with Gasteiger partial charge in [0.25, 0.3) is 0 Å². The van der Waals surface area contributed by atoms with Gasteiger partial charge in [0, 0.05) is 39.3 Å². The molecule has 0 N–H and O–H groups in total. The van der Waals surface area contributed by atoms with E-state index in [4.69, 9.17) is 4.74 Å². The third-order valence-corrected chi connectivity index (χ3v) is 7.05. The summed E-state index contributed by atoms with van der Waals surface area (Å²) in [5, 5.41) is 0.493. The first-order chi connectivity index (χ1) is 11.0. The number of ether oxygens (including phenoxy) is 1. The summed E-state index contributed by atoms with van der Waals surface area (Å²) in [7, 11) is 3.32. The third-order valence-electron chi connectivity index (χ3n) is 4.88. The van der Waals surface area contributed by atoms with E-state index >= 15 is 0 Å². The number of likely N-dealkylation sites (N-methyl/N-ethyl adjacent to an activating group) is 1. The van der Waals surface area contributed by atoms with E-state index in [2.05, 4.69) is 4.90 Å². The summed E-state index contributed by atoms with van der Waals surface area (Å²) in [6.45, 7) is 1.50. The zero-order valence-electron chi connectivity index (χ0n) is 13.9. The van der Waals surface area contributed by atoms with Crippen molar-refractivity contribution in [3.8, 4) is 5.75 Å². The van der Waals surface area contributed by atoms with Crippen LogP contribution in [0.25, 0.3) is 0 Å². The van der Waals surface area contributed by atoms with Crippen LogP contribution < -0.4 is 4.74 Å². The highest BCUT2D eigenvalue weighted by molar-refractivity contribution is 7.86. The normalized spacial score (nSPS) is 29.7. The molecule has 4 nitrogen and oxygen atoms in total. The average Bonchev–Trinajstić information content (AvgIpc) is 2.76. The van der Waals surface area contributed by atoms with Gasteiger partial charge in [-0.3, -0.25) is 9.00 Å². The summed E-state index contributed by atoms with van der Waals surface area (Å²) in [6.07, 6.45) is 3.64. The van der Waals surface area contributed by atoms with Gasteiger partial charge in [-0.1, -0.05) is 0 Å². The predicted molar refractivity (Wildman–Crippen MR) is 92.5 cm³/mol. The van der Waals surface area contributed by atoms with E-state index in [1.54, 1.807) is 0 Å². The molecule has 0 aliphatic carbocycles. The Morgan fingerprint density at radius 2 is 1.78 bits per heavy atom. The van der Waals surface area contributed by atoms with Gasteiger partial charge in [0.15, 0.2) is 5.78 Å². The second kappa shape index (κ2) is 7.14. The van der Waals surface area contributed by atoms with E-state index in [0.29, 0.717) is 6.61 Å². The lowest BCUT2D eigenvalue weighted by atomic mass is 9.90. The van der Waals surface area contributed by atoms with Crippen molar-refractivity contribution < 1.29 is 13.7 Å². The molecule has 0 radical (unpaired) electrons. The Balaban J connectivity index is 1.59. The Kier molecular flexibility index (Phi) is 5.17. The van der Waals surface area contributed by atoms with Crippen molar-refractivity contribution in [1.82, 2.24) is 4.90 Å². The molecule has 2 heterocycles. The van der Waals surface area contributed by atoms with Crippen molar-refractivity contribution in [3.63, 3.8) is 0 Å². The molecule has 2 unspecified atom stereocenters.